The fourth-order valence-electron chi connectivity index (χ4n) is 2.67. The van der Waals surface area contributed by atoms with Crippen LogP contribution < -0.4 is 9.64 Å². The molecule has 2 aromatic rings. The van der Waals surface area contributed by atoms with E-state index < -0.39 is 5.82 Å². The number of ether oxygens (including phenoxy) is 1. The summed E-state index contributed by atoms with van der Waals surface area (Å²) in [5, 5.41) is 0.848. The van der Waals surface area contributed by atoms with Crippen LogP contribution in [0.1, 0.15) is 19.8 Å². The Hall–Kier alpha value is -1.91. The van der Waals surface area contributed by atoms with E-state index in [0.717, 1.165) is 43.1 Å². The Morgan fingerprint density at radius 1 is 1.25 bits per heavy atom. The van der Waals surface area contributed by atoms with E-state index in [1.165, 1.54) is 19.5 Å². The zero-order valence-corrected chi connectivity index (χ0v) is 11.8. The first-order chi connectivity index (χ1) is 9.69. The number of nitrogens with zero attached hydrogens (tertiary/aromatic N) is 3. The Kier molecular flexibility index (Phi) is 3.42. The van der Waals surface area contributed by atoms with Gasteiger partial charge >= 0.3 is 0 Å². The van der Waals surface area contributed by atoms with Crippen LogP contribution in [0.25, 0.3) is 10.9 Å². The van der Waals surface area contributed by atoms with E-state index in [2.05, 4.69) is 21.8 Å². The fraction of sp³-hybridized carbons (Fsp3) is 0.467. The van der Waals surface area contributed by atoms with Gasteiger partial charge in [0.05, 0.1) is 12.6 Å². The maximum absolute atomic E-state index is 13.7. The lowest BCUT2D eigenvalue weighted by Crippen LogP contribution is -2.33. The lowest BCUT2D eigenvalue weighted by molar-refractivity contribution is 0.387. The fourth-order valence-corrected chi connectivity index (χ4v) is 2.67. The van der Waals surface area contributed by atoms with Crippen molar-refractivity contribution >= 4 is 16.7 Å². The highest BCUT2D eigenvalue weighted by atomic mass is 19.1. The van der Waals surface area contributed by atoms with Crippen molar-refractivity contribution in [1.82, 2.24) is 9.97 Å². The molecular formula is C15H18FN3O. The number of piperidine rings is 1. The minimum absolute atomic E-state index is 0.235. The summed E-state index contributed by atoms with van der Waals surface area (Å²) in [4.78, 5) is 10.8. The molecule has 1 aliphatic rings. The van der Waals surface area contributed by atoms with Crippen molar-refractivity contribution in [2.75, 3.05) is 25.1 Å². The van der Waals surface area contributed by atoms with Crippen molar-refractivity contribution < 1.29 is 9.13 Å². The van der Waals surface area contributed by atoms with Gasteiger partial charge < -0.3 is 9.64 Å². The molecule has 0 aliphatic carbocycles. The van der Waals surface area contributed by atoms with Crippen LogP contribution in [0.4, 0.5) is 10.2 Å². The van der Waals surface area contributed by atoms with Gasteiger partial charge in [0.25, 0.3) is 0 Å². The predicted molar refractivity (Wildman–Crippen MR) is 76.7 cm³/mol. The molecule has 0 spiro atoms. The van der Waals surface area contributed by atoms with Gasteiger partial charge in [-0.15, -0.1) is 0 Å². The minimum atomic E-state index is -0.392. The number of anilines is 1. The number of aromatic nitrogens is 2. The molecule has 106 valence electrons. The molecule has 0 amide bonds. The number of fused-ring (bicyclic) bond motifs is 1. The van der Waals surface area contributed by atoms with Crippen LogP contribution >= 0.6 is 0 Å². The third-order valence-corrected chi connectivity index (χ3v) is 3.97. The third-order valence-electron chi connectivity index (χ3n) is 3.97. The Bertz CT molecular complexity index is 624. The van der Waals surface area contributed by atoms with Gasteiger partial charge in [-0.3, -0.25) is 0 Å². The molecule has 0 saturated carbocycles. The van der Waals surface area contributed by atoms with E-state index in [4.69, 9.17) is 4.74 Å². The summed E-state index contributed by atoms with van der Waals surface area (Å²) in [7, 11) is 1.47. The molecule has 1 saturated heterocycles. The number of methoxy groups -OCH3 is 1. The minimum Gasteiger partial charge on any atom is -0.494 e. The van der Waals surface area contributed by atoms with Gasteiger partial charge in [0.1, 0.15) is 12.1 Å². The second-order valence-corrected chi connectivity index (χ2v) is 5.37. The van der Waals surface area contributed by atoms with Crippen LogP contribution in [0.3, 0.4) is 0 Å². The number of benzene rings is 1. The molecule has 1 fully saturated rings. The van der Waals surface area contributed by atoms with E-state index in [-0.39, 0.29) is 5.75 Å². The van der Waals surface area contributed by atoms with E-state index in [0.29, 0.717) is 5.52 Å². The van der Waals surface area contributed by atoms with E-state index in [1.807, 2.05) is 0 Å². The second-order valence-electron chi connectivity index (χ2n) is 5.37. The van der Waals surface area contributed by atoms with Crippen LogP contribution in [-0.4, -0.2) is 30.2 Å². The van der Waals surface area contributed by atoms with Gasteiger partial charge in [0.15, 0.2) is 11.6 Å². The number of hydrogen-bond donors (Lipinski definition) is 0. The molecule has 1 aliphatic heterocycles. The van der Waals surface area contributed by atoms with Crippen LogP contribution in [0, 0.1) is 11.7 Å². The predicted octanol–water partition coefficient (Wildman–Crippen LogP) is 3.01. The van der Waals surface area contributed by atoms with Gasteiger partial charge in [-0.2, -0.15) is 0 Å². The standard InChI is InChI=1S/C15H18FN3O/c1-10-3-5-19(6-4-10)15-11-7-14(20-2)12(16)8-13(11)17-9-18-15/h7-10H,3-6H2,1-2H3. The molecule has 0 atom stereocenters. The first-order valence-corrected chi connectivity index (χ1v) is 6.92. The van der Waals surface area contributed by atoms with E-state index in [9.17, 15) is 4.39 Å². The van der Waals surface area contributed by atoms with Crippen molar-refractivity contribution in [3.63, 3.8) is 0 Å². The van der Waals surface area contributed by atoms with Crippen molar-refractivity contribution in [1.29, 1.82) is 0 Å². The second kappa shape index (κ2) is 5.23. The Morgan fingerprint density at radius 3 is 2.70 bits per heavy atom. The number of halogens is 1. The van der Waals surface area contributed by atoms with Crippen LogP contribution in [-0.2, 0) is 0 Å². The van der Waals surface area contributed by atoms with Crippen molar-refractivity contribution in [2.45, 2.75) is 19.8 Å². The summed E-state index contributed by atoms with van der Waals surface area (Å²) < 4.78 is 18.8. The molecule has 4 nitrogen and oxygen atoms in total. The molecule has 0 bridgehead atoms. The topological polar surface area (TPSA) is 38.2 Å². The monoisotopic (exact) mass is 275 g/mol. The summed E-state index contributed by atoms with van der Waals surface area (Å²) in [6, 6.07) is 3.10. The molecule has 0 radical (unpaired) electrons. The summed E-state index contributed by atoms with van der Waals surface area (Å²) >= 11 is 0. The smallest absolute Gasteiger partial charge is 0.167 e. The third kappa shape index (κ3) is 2.28. The van der Waals surface area contributed by atoms with E-state index >= 15 is 0 Å². The SMILES string of the molecule is COc1cc2c(N3CCC(C)CC3)ncnc2cc1F. The lowest BCUT2D eigenvalue weighted by Gasteiger charge is -2.31. The molecule has 3 rings (SSSR count). The molecule has 20 heavy (non-hydrogen) atoms. The number of rotatable bonds is 2. The summed E-state index contributed by atoms with van der Waals surface area (Å²) in [5.41, 5.74) is 0.618. The zero-order chi connectivity index (χ0) is 14.1. The van der Waals surface area contributed by atoms with Crippen molar-refractivity contribution in [3.05, 3.63) is 24.3 Å². The molecule has 0 N–H and O–H groups in total. The Labute approximate surface area is 117 Å². The maximum Gasteiger partial charge on any atom is 0.167 e. The molecule has 1 aromatic heterocycles. The highest BCUT2D eigenvalue weighted by Gasteiger charge is 2.20. The van der Waals surface area contributed by atoms with Gasteiger partial charge in [0.2, 0.25) is 0 Å². The quantitative estimate of drug-likeness (QED) is 0.844. The average Bonchev–Trinajstić information content (AvgIpc) is 2.46. The highest BCUT2D eigenvalue weighted by molar-refractivity contribution is 5.90. The molecule has 5 heteroatoms. The Balaban J connectivity index is 2.06. The normalized spacial score (nSPS) is 16.6. The van der Waals surface area contributed by atoms with Crippen LogP contribution in [0.2, 0.25) is 0 Å². The molecule has 0 unspecified atom stereocenters. The molecule has 1 aromatic carbocycles. The van der Waals surface area contributed by atoms with Crippen molar-refractivity contribution in [3.8, 4) is 5.75 Å². The van der Waals surface area contributed by atoms with Crippen molar-refractivity contribution in [2.24, 2.45) is 5.92 Å². The van der Waals surface area contributed by atoms with Gasteiger partial charge in [-0.05, 0) is 24.8 Å². The summed E-state index contributed by atoms with van der Waals surface area (Å²) in [6.07, 6.45) is 3.81. The van der Waals surface area contributed by atoms with Gasteiger partial charge in [0, 0.05) is 24.5 Å². The lowest BCUT2D eigenvalue weighted by atomic mass is 9.99. The molecule has 2 heterocycles. The largest absolute Gasteiger partial charge is 0.494 e. The summed E-state index contributed by atoms with van der Waals surface area (Å²) in [5.74, 6) is 1.47. The molecular weight excluding hydrogens is 257 g/mol. The van der Waals surface area contributed by atoms with E-state index in [1.54, 1.807) is 6.07 Å². The Morgan fingerprint density at radius 2 is 2.00 bits per heavy atom. The number of hydrogen-bond acceptors (Lipinski definition) is 4. The average molecular weight is 275 g/mol. The maximum atomic E-state index is 13.7. The van der Waals surface area contributed by atoms with Crippen LogP contribution in [0.15, 0.2) is 18.5 Å². The highest BCUT2D eigenvalue weighted by Crippen LogP contribution is 2.31. The zero-order valence-electron chi connectivity index (χ0n) is 11.8. The van der Waals surface area contributed by atoms with Gasteiger partial charge in [-0.25, -0.2) is 14.4 Å². The first-order valence-electron chi connectivity index (χ1n) is 6.92. The first kappa shape index (κ1) is 13.1. The summed E-state index contributed by atoms with van der Waals surface area (Å²) in [6.45, 7) is 4.23. The van der Waals surface area contributed by atoms with Gasteiger partial charge in [-0.1, -0.05) is 6.92 Å². The van der Waals surface area contributed by atoms with Crippen LogP contribution in [0.5, 0.6) is 5.75 Å².